The van der Waals surface area contributed by atoms with Gasteiger partial charge in [-0.3, -0.25) is 0 Å². The normalized spacial score (nSPS) is 33.4. The predicted molar refractivity (Wildman–Crippen MR) is 69.1 cm³/mol. The van der Waals surface area contributed by atoms with E-state index in [0.29, 0.717) is 5.92 Å². The summed E-state index contributed by atoms with van der Waals surface area (Å²) in [5, 5.41) is 11.0. The molecule has 2 nitrogen and oxygen atoms in total. The summed E-state index contributed by atoms with van der Waals surface area (Å²) < 4.78 is 5.39. The Morgan fingerprint density at radius 2 is 2.00 bits per heavy atom. The zero-order chi connectivity index (χ0) is 12.5. The van der Waals surface area contributed by atoms with Gasteiger partial charge in [0.25, 0.3) is 0 Å². The molecule has 1 N–H and O–H groups in total. The first kappa shape index (κ1) is 12.4. The molecule has 1 aliphatic carbocycles. The minimum Gasteiger partial charge on any atom is -0.496 e. The van der Waals surface area contributed by atoms with Crippen molar-refractivity contribution in [2.75, 3.05) is 7.11 Å². The molecular weight excluding hydrogens is 212 g/mol. The lowest BCUT2D eigenvalue weighted by Crippen LogP contribution is -2.40. The molecule has 1 fully saturated rings. The van der Waals surface area contributed by atoms with Crippen LogP contribution in [0.3, 0.4) is 0 Å². The molecule has 0 heterocycles. The second-order valence-electron chi connectivity index (χ2n) is 5.28. The molecule has 0 aliphatic heterocycles. The van der Waals surface area contributed by atoms with Gasteiger partial charge in [-0.1, -0.05) is 38.5 Å². The third-order valence-electron chi connectivity index (χ3n) is 4.40. The van der Waals surface area contributed by atoms with E-state index in [1.165, 1.54) is 6.42 Å². The van der Waals surface area contributed by atoms with Crippen molar-refractivity contribution in [3.63, 3.8) is 0 Å². The number of rotatable bonds is 2. The van der Waals surface area contributed by atoms with Gasteiger partial charge in [-0.25, -0.2) is 0 Å². The van der Waals surface area contributed by atoms with Gasteiger partial charge >= 0.3 is 0 Å². The molecule has 1 aliphatic rings. The fraction of sp³-hybridized carbons (Fsp3) is 0.600. The summed E-state index contributed by atoms with van der Waals surface area (Å²) >= 11 is 0. The molecule has 2 rings (SSSR count). The van der Waals surface area contributed by atoms with E-state index in [0.717, 1.165) is 24.2 Å². The maximum atomic E-state index is 11.0. The molecule has 94 valence electrons. The summed E-state index contributed by atoms with van der Waals surface area (Å²) in [6.07, 6.45) is 3.12. The second kappa shape index (κ2) is 4.69. The highest BCUT2D eigenvalue weighted by atomic mass is 16.5. The van der Waals surface area contributed by atoms with Crippen molar-refractivity contribution in [3.8, 4) is 5.75 Å². The predicted octanol–water partition coefficient (Wildman–Crippen LogP) is 3.34. The molecule has 0 aromatic heterocycles. The van der Waals surface area contributed by atoms with Crippen molar-refractivity contribution in [1.29, 1.82) is 0 Å². The van der Waals surface area contributed by atoms with Gasteiger partial charge in [-0.2, -0.15) is 0 Å². The molecule has 1 saturated carbocycles. The van der Waals surface area contributed by atoms with Gasteiger partial charge < -0.3 is 9.84 Å². The summed E-state index contributed by atoms with van der Waals surface area (Å²) in [7, 11) is 1.67. The van der Waals surface area contributed by atoms with E-state index < -0.39 is 5.60 Å². The number of aliphatic hydroxyl groups is 1. The molecule has 1 aromatic rings. The smallest absolute Gasteiger partial charge is 0.124 e. The summed E-state index contributed by atoms with van der Waals surface area (Å²) in [6, 6.07) is 7.84. The molecular formula is C15H22O2. The quantitative estimate of drug-likeness (QED) is 0.850. The van der Waals surface area contributed by atoms with Gasteiger partial charge in [-0.15, -0.1) is 0 Å². The van der Waals surface area contributed by atoms with Crippen LogP contribution in [0.15, 0.2) is 24.3 Å². The number of methoxy groups -OCH3 is 1. The molecule has 17 heavy (non-hydrogen) atoms. The number of benzene rings is 1. The first-order valence-corrected chi connectivity index (χ1v) is 6.45. The third kappa shape index (κ3) is 2.06. The van der Waals surface area contributed by atoms with Crippen molar-refractivity contribution in [3.05, 3.63) is 29.8 Å². The van der Waals surface area contributed by atoms with Gasteiger partial charge in [0.05, 0.1) is 12.7 Å². The molecule has 0 saturated heterocycles. The fourth-order valence-electron chi connectivity index (χ4n) is 3.02. The summed E-state index contributed by atoms with van der Waals surface area (Å²) in [5.41, 5.74) is 0.214. The van der Waals surface area contributed by atoms with E-state index in [2.05, 4.69) is 13.8 Å². The second-order valence-corrected chi connectivity index (χ2v) is 5.28. The number of hydrogen-bond acceptors (Lipinski definition) is 2. The van der Waals surface area contributed by atoms with Crippen LogP contribution >= 0.6 is 0 Å². The number of hydrogen-bond donors (Lipinski definition) is 1. The van der Waals surface area contributed by atoms with Crippen LogP contribution in [0, 0.1) is 11.8 Å². The van der Waals surface area contributed by atoms with E-state index in [1.807, 2.05) is 24.3 Å². The van der Waals surface area contributed by atoms with Crippen molar-refractivity contribution >= 4 is 0 Å². The topological polar surface area (TPSA) is 29.5 Å². The fourth-order valence-corrected chi connectivity index (χ4v) is 3.02. The average Bonchev–Trinajstić information content (AvgIpc) is 2.36. The van der Waals surface area contributed by atoms with Crippen LogP contribution in [-0.2, 0) is 5.60 Å². The highest BCUT2D eigenvalue weighted by Gasteiger charge is 2.42. The number of para-hydroxylation sites is 1. The van der Waals surface area contributed by atoms with Crippen molar-refractivity contribution < 1.29 is 9.84 Å². The van der Waals surface area contributed by atoms with E-state index in [-0.39, 0.29) is 5.92 Å². The van der Waals surface area contributed by atoms with Crippen molar-refractivity contribution in [2.24, 2.45) is 11.8 Å². The standard InChI is InChI=1S/C15H22O2/c1-11-7-6-10-15(16,12(11)2)13-8-4-5-9-14(13)17-3/h4-5,8-9,11-12,16H,6-7,10H2,1-3H3. The Morgan fingerprint density at radius 1 is 1.29 bits per heavy atom. The zero-order valence-electron chi connectivity index (χ0n) is 10.9. The first-order chi connectivity index (χ1) is 8.09. The highest BCUT2D eigenvalue weighted by Crippen LogP contribution is 2.46. The van der Waals surface area contributed by atoms with Crippen LogP contribution in [0.5, 0.6) is 5.75 Å². The first-order valence-electron chi connectivity index (χ1n) is 6.45. The zero-order valence-corrected chi connectivity index (χ0v) is 10.9. The van der Waals surface area contributed by atoms with Crippen LogP contribution in [0.2, 0.25) is 0 Å². The van der Waals surface area contributed by atoms with Crippen LogP contribution in [0.25, 0.3) is 0 Å². The average molecular weight is 234 g/mol. The summed E-state index contributed by atoms with van der Waals surface area (Å²) in [5.74, 6) is 1.63. The minimum atomic E-state index is -0.732. The van der Waals surface area contributed by atoms with Gasteiger partial charge in [0.15, 0.2) is 0 Å². The Balaban J connectivity index is 2.42. The highest BCUT2D eigenvalue weighted by molar-refractivity contribution is 5.38. The molecule has 0 spiro atoms. The Labute approximate surface area is 104 Å². The van der Waals surface area contributed by atoms with Crippen LogP contribution in [-0.4, -0.2) is 12.2 Å². The summed E-state index contributed by atoms with van der Waals surface area (Å²) in [6.45, 7) is 4.38. The molecule has 3 unspecified atom stereocenters. The van der Waals surface area contributed by atoms with Crippen LogP contribution < -0.4 is 4.74 Å². The Morgan fingerprint density at radius 3 is 2.71 bits per heavy atom. The Hall–Kier alpha value is -1.02. The monoisotopic (exact) mass is 234 g/mol. The lowest BCUT2D eigenvalue weighted by atomic mass is 9.67. The van der Waals surface area contributed by atoms with Gasteiger partial charge in [0, 0.05) is 5.56 Å². The number of ether oxygens (including phenoxy) is 1. The largest absolute Gasteiger partial charge is 0.496 e. The molecule has 3 atom stereocenters. The third-order valence-corrected chi connectivity index (χ3v) is 4.40. The van der Waals surface area contributed by atoms with E-state index in [4.69, 9.17) is 4.74 Å². The van der Waals surface area contributed by atoms with E-state index in [1.54, 1.807) is 7.11 Å². The van der Waals surface area contributed by atoms with Crippen LogP contribution in [0.4, 0.5) is 0 Å². The van der Waals surface area contributed by atoms with Gasteiger partial charge in [0.2, 0.25) is 0 Å². The Kier molecular flexibility index (Phi) is 3.43. The minimum absolute atomic E-state index is 0.271. The van der Waals surface area contributed by atoms with E-state index in [9.17, 15) is 5.11 Å². The molecule has 2 heteroatoms. The van der Waals surface area contributed by atoms with Crippen molar-refractivity contribution in [1.82, 2.24) is 0 Å². The molecule has 1 aromatic carbocycles. The Bertz CT molecular complexity index is 388. The van der Waals surface area contributed by atoms with Crippen molar-refractivity contribution in [2.45, 2.75) is 38.7 Å². The van der Waals surface area contributed by atoms with Gasteiger partial charge in [-0.05, 0) is 30.7 Å². The molecule has 0 bridgehead atoms. The van der Waals surface area contributed by atoms with Gasteiger partial charge in [0.1, 0.15) is 5.75 Å². The maximum absolute atomic E-state index is 11.0. The lowest BCUT2D eigenvalue weighted by Gasteiger charge is -2.42. The maximum Gasteiger partial charge on any atom is 0.124 e. The molecule has 0 radical (unpaired) electrons. The van der Waals surface area contributed by atoms with Crippen LogP contribution in [0.1, 0.15) is 38.7 Å². The van der Waals surface area contributed by atoms with E-state index >= 15 is 0 Å². The summed E-state index contributed by atoms with van der Waals surface area (Å²) in [4.78, 5) is 0. The SMILES string of the molecule is COc1ccccc1C1(O)CCCC(C)C1C. The molecule has 0 amide bonds. The lowest BCUT2D eigenvalue weighted by molar-refractivity contribution is -0.0701.